The smallest absolute Gasteiger partial charge is 0.0305 e. The highest BCUT2D eigenvalue weighted by molar-refractivity contribution is 9.12. The van der Waals surface area contributed by atoms with Gasteiger partial charge in [-0.05, 0) is 25.7 Å². The molecule has 0 aromatic carbocycles. The molecule has 0 heterocycles. The second kappa shape index (κ2) is 4.55. The predicted molar refractivity (Wildman–Crippen MR) is 53.0 cm³/mol. The van der Waals surface area contributed by atoms with E-state index < -0.39 is 0 Å². The lowest BCUT2D eigenvalue weighted by atomic mass is 10.1. The molecule has 0 bridgehead atoms. The van der Waals surface area contributed by atoms with Gasteiger partial charge in [0.05, 0.1) is 0 Å². The van der Waals surface area contributed by atoms with Crippen molar-refractivity contribution in [2.24, 2.45) is 0 Å². The minimum absolute atomic E-state index is 0.629. The molecular formula is C8H12Br2. The first-order valence-corrected chi connectivity index (χ1v) is 5.57. The third kappa shape index (κ3) is 2.75. The number of alkyl halides is 2. The highest BCUT2D eigenvalue weighted by atomic mass is 79.9. The lowest BCUT2D eigenvalue weighted by Gasteiger charge is -2.16. The monoisotopic (exact) mass is 266 g/mol. The molecule has 0 N–H and O–H groups in total. The third-order valence-electron chi connectivity index (χ3n) is 1.77. The number of allylic oxidation sites excluding steroid dienone is 2. The Bertz CT molecular complexity index is 120. The van der Waals surface area contributed by atoms with E-state index in [0.717, 1.165) is 6.42 Å². The molecule has 0 aliphatic heterocycles. The molecule has 0 spiro atoms. The summed E-state index contributed by atoms with van der Waals surface area (Å²) in [6, 6.07) is 0. The second-order valence-electron chi connectivity index (χ2n) is 2.67. The van der Waals surface area contributed by atoms with Gasteiger partial charge in [-0.3, -0.25) is 0 Å². The first kappa shape index (κ1) is 8.79. The summed E-state index contributed by atoms with van der Waals surface area (Å²) in [4.78, 5) is 1.29. The van der Waals surface area contributed by atoms with Crippen LogP contribution in [-0.2, 0) is 0 Å². The molecule has 0 saturated heterocycles. The van der Waals surface area contributed by atoms with Crippen LogP contribution in [-0.4, -0.2) is 9.65 Å². The average Bonchev–Trinajstić information content (AvgIpc) is 1.92. The summed E-state index contributed by atoms with van der Waals surface area (Å²) in [6.07, 6.45) is 9.58. The van der Waals surface area contributed by atoms with E-state index in [1.165, 1.54) is 19.3 Å². The summed E-state index contributed by atoms with van der Waals surface area (Å²) in [5.41, 5.74) is 0. The Morgan fingerprint density at radius 3 is 2.70 bits per heavy atom. The van der Waals surface area contributed by atoms with Crippen LogP contribution in [0.2, 0.25) is 0 Å². The minimum Gasteiger partial charge on any atom is -0.0885 e. The van der Waals surface area contributed by atoms with Crippen molar-refractivity contribution in [1.82, 2.24) is 0 Å². The SMILES string of the molecule is BrC1C/C=C\CCCC1Br. The maximum atomic E-state index is 3.66. The van der Waals surface area contributed by atoms with Crippen LogP contribution < -0.4 is 0 Å². The molecule has 1 aliphatic rings. The van der Waals surface area contributed by atoms with E-state index in [2.05, 4.69) is 44.0 Å². The molecule has 2 atom stereocenters. The largest absolute Gasteiger partial charge is 0.0885 e. The van der Waals surface area contributed by atoms with Gasteiger partial charge in [0.1, 0.15) is 0 Å². The molecule has 1 rings (SSSR count). The topological polar surface area (TPSA) is 0 Å². The molecule has 1 aliphatic carbocycles. The molecule has 0 saturated carbocycles. The van der Waals surface area contributed by atoms with E-state index in [1.54, 1.807) is 0 Å². The Morgan fingerprint density at radius 1 is 1.10 bits per heavy atom. The zero-order valence-corrected chi connectivity index (χ0v) is 9.07. The molecule has 0 fully saturated rings. The van der Waals surface area contributed by atoms with Crippen LogP contribution in [0.1, 0.15) is 25.7 Å². The van der Waals surface area contributed by atoms with Crippen molar-refractivity contribution in [2.45, 2.75) is 35.3 Å². The summed E-state index contributed by atoms with van der Waals surface area (Å²) in [5, 5.41) is 0. The van der Waals surface area contributed by atoms with Gasteiger partial charge in [0, 0.05) is 9.65 Å². The van der Waals surface area contributed by atoms with Gasteiger partial charge in [-0.2, -0.15) is 0 Å². The normalized spacial score (nSPS) is 38.2. The fraction of sp³-hybridized carbons (Fsp3) is 0.750. The van der Waals surface area contributed by atoms with Crippen molar-refractivity contribution >= 4 is 31.9 Å². The zero-order chi connectivity index (χ0) is 7.40. The fourth-order valence-electron chi connectivity index (χ4n) is 1.10. The summed E-state index contributed by atoms with van der Waals surface area (Å²) in [5.74, 6) is 0. The molecule has 58 valence electrons. The lowest BCUT2D eigenvalue weighted by Crippen LogP contribution is -2.13. The van der Waals surface area contributed by atoms with Crippen LogP contribution in [0.15, 0.2) is 12.2 Å². The number of halogens is 2. The zero-order valence-electron chi connectivity index (χ0n) is 5.89. The Morgan fingerprint density at radius 2 is 1.90 bits per heavy atom. The van der Waals surface area contributed by atoms with Gasteiger partial charge in [-0.1, -0.05) is 44.0 Å². The van der Waals surface area contributed by atoms with E-state index in [9.17, 15) is 0 Å². The average molecular weight is 268 g/mol. The van der Waals surface area contributed by atoms with E-state index in [4.69, 9.17) is 0 Å². The Balaban J connectivity index is 2.41. The predicted octanol–water partition coefficient (Wildman–Crippen LogP) is 3.64. The summed E-state index contributed by atoms with van der Waals surface area (Å²) in [7, 11) is 0. The molecule has 0 aromatic rings. The quantitative estimate of drug-likeness (QED) is 0.464. The number of hydrogen-bond acceptors (Lipinski definition) is 0. The molecule has 0 amide bonds. The van der Waals surface area contributed by atoms with Crippen molar-refractivity contribution in [3.63, 3.8) is 0 Å². The summed E-state index contributed by atoms with van der Waals surface area (Å²) >= 11 is 7.30. The van der Waals surface area contributed by atoms with Gasteiger partial charge >= 0.3 is 0 Å². The van der Waals surface area contributed by atoms with Gasteiger partial charge in [0.15, 0.2) is 0 Å². The van der Waals surface area contributed by atoms with Crippen LogP contribution in [0, 0.1) is 0 Å². The standard InChI is InChI=1S/C8H12Br2/c9-7-5-3-1-2-4-6-8(7)10/h1,3,7-8H,2,4-6H2/b3-1-. The van der Waals surface area contributed by atoms with Gasteiger partial charge in [0.2, 0.25) is 0 Å². The number of hydrogen-bond donors (Lipinski definition) is 0. The van der Waals surface area contributed by atoms with Crippen LogP contribution in [0.3, 0.4) is 0 Å². The first-order chi connectivity index (χ1) is 4.80. The van der Waals surface area contributed by atoms with E-state index >= 15 is 0 Å². The van der Waals surface area contributed by atoms with Crippen molar-refractivity contribution in [2.75, 3.05) is 0 Å². The summed E-state index contributed by atoms with van der Waals surface area (Å²) in [6.45, 7) is 0. The molecule has 0 nitrogen and oxygen atoms in total. The molecule has 0 aromatic heterocycles. The molecule has 2 heteroatoms. The second-order valence-corrected chi connectivity index (χ2v) is 5.02. The van der Waals surface area contributed by atoms with Crippen molar-refractivity contribution in [3.8, 4) is 0 Å². The maximum Gasteiger partial charge on any atom is 0.0305 e. The van der Waals surface area contributed by atoms with Gasteiger partial charge < -0.3 is 0 Å². The van der Waals surface area contributed by atoms with Gasteiger partial charge in [0.25, 0.3) is 0 Å². The first-order valence-electron chi connectivity index (χ1n) is 3.74. The van der Waals surface area contributed by atoms with Gasteiger partial charge in [-0.25, -0.2) is 0 Å². The highest BCUT2D eigenvalue weighted by Crippen LogP contribution is 2.24. The lowest BCUT2D eigenvalue weighted by molar-refractivity contribution is 0.677. The van der Waals surface area contributed by atoms with Crippen molar-refractivity contribution < 1.29 is 0 Å². The highest BCUT2D eigenvalue weighted by Gasteiger charge is 2.14. The Labute approximate surface area is 79.3 Å². The van der Waals surface area contributed by atoms with Crippen LogP contribution in [0.5, 0.6) is 0 Å². The Kier molecular flexibility index (Phi) is 4.00. The van der Waals surface area contributed by atoms with Crippen molar-refractivity contribution in [1.29, 1.82) is 0 Å². The minimum atomic E-state index is 0.629. The van der Waals surface area contributed by atoms with Gasteiger partial charge in [-0.15, -0.1) is 0 Å². The van der Waals surface area contributed by atoms with E-state index in [0.29, 0.717) is 9.65 Å². The molecule has 2 unspecified atom stereocenters. The summed E-state index contributed by atoms with van der Waals surface area (Å²) < 4.78 is 0. The van der Waals surface area contributed by atoms with Crippen LogP contribution >= 0.6 is 31.9 Å². The number of rotatable bonds is 0. The van der Waals surface area contributed by atoms with Crippen LogP contribution in [0.25, 0.3) is 0 Å². The third-order valence-corrected chi connectivity index (χ3v) is 4.59. The molecular weight excluding hydrogens is 256 g/mol. The van der Waals surface area contributed by atoms with E-state index in [-0.39, 0.29) is 0 Å². The fourth-order valence-corrected chi connectivity index (χ4v) is 2.12. The molecule has 10 heavy (non-hydrogen) atoms. The Hall–Kier alpha value is 0.700. The maximum absolute atomic E-state index is 3.66. The van der Waals surface area contributed by atoms with Crippen LogP contribution in [0.4, 0.5) is 0 Å². The van der Waals surface area contributed by atoms with E-state index in [1.807, 2.05) is 0 Å². The van der Waals surface area contributed by atoms with Crippen molar-refractivity contribution in [3.05, 3.63) is 12.2 Å². The molecule has 0 radical (unpaired) electrons.